The first-order valence-corrected chi connectivity index (χ1v) is 7.34. The molecular formula is C16H22N2O3. The molecule has 1 aliphatic rings. The van der Waals surface area contributed by atoms with Crippen molar-refractivity contribution in [2.45, 2.75) is 45.2 Å². The first-order valence-electron chi connectivity index (χ1n) is 7.34. The number of fused-ring (bicyclic) bond motifs is 1. The Hall–Kier alpha value is -1.88. The summed E-state index contributed by atoms with van der Waals surface area (Å²) in [6, 6.07) is 5.12. The molecule has 1 amide bonds. The topological polar surface area (TPSA) is 83.6 Å². The van der Waals surface area contributed by atoms with Crippen molar-refractivity contribution in [3.63, 3.8) is 0 Å². The van der Waals surface area contributed by atoms with Crippen LogP contribution in [0, 0.1) is 0 Å². The zero-order chi connectivity index (χ0) is 15.6. The number of carbonyl (C=O) groups excluding carboxylic acids is 1. The van der Waals surface area contributed by atoms with Crippen LogP contribution in [-0.2, 0) is 17.8 Å². The molecule has 1 aromatic rings. The van der Waals surface area contributed by atoms with Crippen LogP contribution >= 0.6 is 0 Å². The Bertz CT molecular complexity index is 565. The van der Waals surface area contributed by atoms with Gasteiger partial charge in [-0.25, -0.2) is 4.79 Å². The second-order valence-electron chi connectivity index (χ2n) is 5.63. The Labute approximate surface area is 124 Å². The van der Waals surface area contributed by atoms with E-state index < -0.39 is 11.5 Å². The van der Waals surface area contributed by atoms with Crippen LogP contribution in [0.2, 0.25) is 0 Å². The lowest BCUT2D eigenvalue weighted by Crippen LogP contribution is -2.55. The summed E-state index contributed by atoms with van der Waals surface area (Å²) < 4.78 is 0. The Balaban J connectivity index is 2.24. The second-order valence-corrected chi connectivity index (χ2v) is 5.63. The van der Waals surface area contributed by atoms with E-state index in [2.05, 4.69) is 0 Å². The molecule has 0 spiro atoms. The Morgan fingerprint density at radius 2 is 1.95 bits per heavy atom. The normalized spacial score (nSPS) is 14.7. The van der Waals surface area contributed by atoms with Gasteiger partial charge in [0.2, 0.25) is 5.91 Å². The number of hydrogen-bond acceptors (Lipinski definition) is 3. The number of hydrogen-bond donors (Lipinski definition) is 2. The van der Waals surface area contributed by atoms with Crippen molar-refractivity contribution >= 4 is 11.9 Å². The highest BCUT2D eigenvalue weighted by atomic mass is 16.4. The molecule has 21 heavy (non-hydrogen) atoms. The Kier molecular flexibility index (Phi) is 4.32. The van der Waals surface area contributed by atoms with Crippen molar-refractivity contribution in [1.82, 2.24) is 4.90 Å². The van der Waals surface area contributed by atoms with Crippen LogP contribution in [0.5, 0.6) is 0 Å². The molecule has 114 valence electrons. The fourth-order valence-electron chi connectivity index (χ4n) is 2.73. The predicted octanol–water partition coefficient (Wildman–Crippen LogP) is 1.79. The van der Waals surface area contributed by atoms with E-state index in [4.69, 9.17) is 10.8 Å². The largest absolute Gasteiger partial charge is 0.478 e. The van der Waals surface area contributed by atoms with E-state index in [-0.39, 0.29) is 11.5 Å². The van der Waals surface area contributed by atoms with E-state index in [0.717, 1.165) is 17.5 Å². The van der Waals surface area contributed by atoms with Gasteiger partial charge >= 0.3 is 5.97 Å². The van der Waals surface area contributed by atoms with E-state index in [0.29, 0.717) is 25.9 Å². The highest BCUT2D eigenvalue weighted by molar-refractivity contribution is 5.88. The van der Waals surface area contributed by atoms with Crippen LogP contribution in [0.1, 0.15) is 48.2 Å². The van der Waals surface area contributed by atoms with Gasteiger partial charge in [0.1, 0.15) is 0 Å². The van der Waals surface area contributed by atoms with Gasteiger partial charge in [0.05, 0.1) is 11.1 Å². The maximum absolute atomic E-state index is 12.6. The lowest BCUT2D eigenvalue weighted by Gasteiger charge is -2.36. The molecule has 3 N–H and O–H groups in total. The molecule has 1 aromatic carbocycles. The average molecular weight is 290 g/mol. The van der Waals surface area contributed by atoms with Crippen LogP contribution in [0.15, 0.2) is 18.2 Å². The van der Waals surface area contributed by atoms with Crippen molar-refractivity contribution < 1.29 is 14.7 Å². The van der Waals surface area contributed by atoms with Crippen LogP contribution in [0.4, 0.5) is 0 Å². The van der Waals surface area contributed by atoms with Gasteiger partial charge in [-0.3, -0.25) is 4.79 Å². The predicted molar refractivity (Wildman–Crippen MR) is 80.0 cm³/mol. The van der Waals surface area contributed by atoms with Gasteiger partial charge in [0.15, 0.2) is 0 Å². The zero-order valence-corrected chi connectivity index (χ0v) is 12.6. The first kappa shape index (κ1) is 15.5. The molecule has 2 rings (SSSR count). The standard InChI is InChI=1S/C16H22N2O3/c1-3-16(17,4-2)15(21)18-8-7-11-5-6-12(14(19)20)9-13(11)10-18/h5-6,9H,3-4,7-8,10,17H2,1-2H3,(H,19,20). The molecule has 0 aliphatic carbocycles. The van der Waals surface area contributed by atoms with Crippen LogP contribution in [0.25, 0.3) is 0 Å². The minimum atomic E-state index is -0.948. The fraction of sp³-hybridized carbons (Fsp3) is 0.500. The molecule has 1 aliphatic heterocycles. The van der Waals surface area contributed by atoms with Gasteiger partial charge in [-0.05, 0) is 42.5 Å². The molecule has 5 nitrogen and oxygen atoms in total. The monoisotopic (exact) mass is 290 g/mol. The molecule has 0 bridgehead atoms. The highest BCUT2D eigenvalue weighted by Crippen LogP contribution is 2.24. The minimum Gasteiger partial charge on any atom is -0.478 e. The summed E-state index contributed by atoms with van der Waals surface area (Å²) in [5.74, 6) is -0.990. The third-order valence-electron chi connectivity index (χ3n) is 4.44. The van der Waals surface area contributed by atoms with Crippen molar-refractivity contribution in [2.75, 3.05) is 6.54 Å². The van der Waals surface area contributed by atoms with Crippen molar-refractivity contribution in [3.8, 4) is 0 Å². The molecule has 0 saturated heterocycles. The van der Waals surface area contributed by atoms with Crippen LogP contribution in [0.3, 0.4) is 0 Å². The number of nitrogens with two attached hydrogens (primary N) is 1. The van der Waals surface area contributed by atoms with Gasteiger partial charge < -0.3 is 15.7 Å². The van der Waals surface area contributed by atoms with E-state index in [1.54, 1.807) is 17.0 Å². The quantitative estimate of drug-likeness (QED) is 0.885. The molecule has 0 atom stereocenters. The number of nitrogens with zero attached hydrogens (tertiary/aromatic N) is 1. The van der Waals surface area contributed by atoms with Crippen molar-refractivity contribution in [1.29, 1.82) is 0 Å². The summed E-state index contributed by atoms with van der Waals surface area (Å²) >= 11 is 0. The van der Waals surface area contributed by atoms with E-state index in [9.17, 15) is 9.59 Å². The third kappa shape index (κ3) is 2.93. The van der Waals surface area contributed by atoms with Crippen molar-refractivity contribution in [2.24, 2.45) is 5.73 Å². The van der Waals surface area contributed by atoms with E-state index >= 15 is 0 Å². The summed E-state index contributed by atoms with van der Waals surface area (Å²) in [4.78, 5) is 25.4. The molecular weight excluding hydrogens is 268 g/mol. The fourth-order valence-corrected chi connectivity index (χ4v) is 2.73. The average Bonchev–Trinajstić information content (AvgIpc) is 2.52. The van der Waals surface area contributed by atoms with E-state index in [1.807, 2.05) is 19.9 Å². The molecule has 0 aromatic heterocycles. The SMILES string of the molecule is CCC(N)(CC)C(=O)N1CCc2ccc(C(=O)O)cc2C1. The molecule has 0 radical (unpaired) electrons. The maximum Gasteiger partial charge on any atom is 0.335 e. The van der Waals surface area contributed by atoms with Crippen LogP contribution < -0.4 is 5.73 Å². The molecule has 0 fully saturated rings. The molecule has 1 heterocycles. The first-order chi connectivity index (χ1) is 9.91. The Morgan fingerprint density at radius 3 is 2.52 bits per heavy atom. The second kappa shape index (κ2) is 5.85. The summed E-state index contributed by atoms with van der Waals surface area (Å²) in [5.41, 5.74) is 7.64. The minimum absolute atomic E-state index is 0.0427. The molecule has 5 heteroatoms. The van der Waals surface area contributed by atoms with Gasteiger partial charge in [-0.2, -0.15) is 0 Å². The van der Waals surface area contributed by atoms with Gasteiger partial charge in [0.25, 0.3) is 0 Å². The number of carbonyl (C=O) groups is 2. The summed E-state index contributed by atoms with van der Waals surface area (Å²) in [7, 11) is 0. The van der Waals surface area contributed by atoms with Crippen LogP contribution in [-0.4, -0.2) is 34.0 Å². The third-order valence-corrected chi connectivity index (χ3v) is 4.44. The lowest BCUT2D eigenvalue weighted by atomic mass is 9.90. The number of rotatable bonds is 4. The lowest BCUT2D eigenvalue weighted by molar-refractivity contribution is -0.138. The summed E-state index contributed by atoms with van der Waals surface area (Å²) in [5, 5.41) is 9.07. The Morgan fingerprint density at radius 1 is 1.29 bits per heavy atom. The number of carboxylic acids is 1. The van der Waals surface area contributed by atoms with Gasteiger partial charge in [-0.15, -0.1) is 0 Å². The van der Waals surface area contributed by atoms with Gasteiger partial charge in [0, 0.05) is 13.1 Å². The number of benzene rings is 1. The summed E-state index contributed by atoms with van der Waals surface area (Å²) in [6.45, 7) is 4.91. The maximum atomic E-state index is 12.6. The molecule has 0 saturated carbocycles. The smallest absolute Gasteiger partial charge is 0.335 e. The summed E-state index contributed by atoms with van der Waals surface area (Å²) in [6.07, 6.45) is 1.94. The molecule has 0 unspecified atom stereocenters. The number of carboxylic acid groups (broad SMARTS) is 1. The van der Waals surface area contributed by atoms with Gasteiger partial charge in [-0.1, -0.05) is 19.9 Å². The van der Waals surface area contributed by atoms with E-state index in [1.165, 1.54) is 0 Å². The number of aromatic carboxylic acids is 1. The van der Waals surface area contributed by atoms with Crippen molar-refractivity contribution in [3.05, 3.63) is 34.9 Å². The highest BCUT2D eigenvalue weighted by Gasteiger charge is 2.35. The zero-order valence-electron chi connectivity index (χ0n) is 12.6. The number of amides is 1.